The molecule has 0 amide bonds. The average molecular weight is 467 g/mol. The van der Waals surface area contributed by atoms with E-state index in [2.05, 4.69) is 31.0 Å². The van der Waals surface area contributed by atoms with Gasteiger partial charge in [-0.25, -0.2) is 20.1 Å². The van der Waals surface area contributed by atoms with Crippen molar-refractivity contribution in [1.29, 1.82) is 0 Å². The number of halogens is 3. The van der Waals surface area contributed by atoms with Gasteiger partial charge in [-0.15, -0.1) is 0 Å². The second-order valence-electron chi connectivity index (χ2n) is 6.94. The summed E-state index contributed by atoms with van der Waals surface area (Å²) in [4.78, 5) is 12.6. The third-order valence-electron chi connectivity index (χ3n) is 4.69. The van der Waals surface area contributed by atoms with Gasteiger partial charge in [-0.1, -0.05) is 12.0 Å². The molecule has 0 aliphatic carbocycles. The van der Waals surface area contributed by atoms with E-state index in [1.807, 2.05) is 0 Å². The molecule has 1 fully saturated rings. The van der Waals surface area contributed by atoms with E-state index in [-0.39, 0.29) is 17.9 Å². The smallest absolute Gasteiger partial charge is 0.352 e. The number of hydrogen-bond donors (Lipinski definition) is 1. The van der Waals surface area contributed by atoms with Gasteiger partial charge in [-0.2, -0.15) is 21.6 Å². The highest BCUT2D eigenvalue weighted by molar-refractivity contribution is 7.84. The summed E-state index contributed by atoms with van der Waals surface area (Å²) in [5.41, 5.74) is 0.424. The van der Waals surface area contributed by atoms with E-state index in [1.54, 1.807) is 4.57 Å². The van der Waals surface area contributed by atoms with Crippen LogP contribution in [0.25, 0.3) is 11.2 Å². The maximum Gasteiger partial charge on any atom is 0.416 e. The van der Waals surface area contributed by atoms with Crippen LogP contribution in [-0.4, -0.2) is 40.6 Å². The van der Waals surface area contributed by atoms with Crippen molar-refractivity contribution < 1.29 is 30.5 Å². The average Bonchev–Trinajstić information content (AvgIpc) is 3.37. The van der Waals surface area contributed by atoms with Crippen LogP contribution in [0.3, 0.4) is 0 Å². The summed E-state index contributed by atoms with van der Waals surface area (Å²) in [6.45, 7) is -0.204. The Morgan fingerprint density at radius 3 is 2.78 bits per heavy atom. The quantitative estimate of drug-likeness (QED) is 0.584. The fourth-order valence-electron chi connectivity index (χ4n) is 3.24. The molecule has 0 saturated carbocycles. The minimum atomic E-state index is -4.46. The van der Waals surface area contributed by atoms with Crippen LogP contribution in [0.5, 0.6) is 0 Å². The van der Waals surface area contributed by atoms with Crippen molar-refractivity contribution in [2.24, 2.45) is 5.14 Å². The molecule has 3 aromatic rings. The number of benzene rings is 1. The van der Waals surface area contributed by atoms with Crippen molar-refractivity contribution in [3.63, 3.8) is 0 Å². The number of nitrogens with zero attached hydrogens (tertiary/aromatic N) is 4. The van der Waals surface area contributed by atoms with Crippen molar-refractivity contribution in [3.05, 3.63) is 53.7 Å². The molecule has 32 heavy (non-hydrogen) atoms. The van der Waals surface area contributed by atoms with E-state index in [4.69, 9.17) is 9.88 Å². The highest BCUT2D eigenvalue weighted by Crippen LogP contribution is 2.31. The first-order valence-electron chi connectivity index (χ1n) is 9.29. The Morgan fingerprint density at radius 1 is 1.22 bits per heavy atom. The Balaban J connectivity index is 1.56. The normalized spacial score (nSPS) is 19.1. The topological polar surface area (TPSA) is 122 Å². The van der Waals surface area contributed by atoms with Crippen molar-refractivity contribution in [3.8, 4) is 11.8 Å². The van der Waals surface area contributed by atoms with Crippen LogP contribution < -0.4 is 5.14 Å². The Morgan fingerprint density at radius 2 is 2.03 bits per heavy atom. The number of nitrogens with two attached hydrogens (primary N) is 1. The van der Waals surface area contributed by atoms with Crippen LogP contribution in [-0.2, 0) is 25.4 Å². The van der Waals surface area contributed by atoms with E-state index < -0.39 is 34.4 Å². The second kappa shape index (κ2) is 8.47. The van der Waals surface area contributed by atoms with Gasteiger partial charge in [-0.05, 0) is 37.0 Å². The van der Waals surface area contributed by atoms with Gasteiger partial charge in [0.1, 0.15) is 23.8 Å². The lowest BCUT2D eigenvalue weighted by Crippen LogP contribution is -2.23. The van der Waals surface area contributed by atoms with Gasteiger partial charge in [0.15, 0.2) is 5.65 Å². The molecule has 0 unspecified atom stereocenters. The Hall–Kier alpha value is -3.05. The van der Waals surface area contributed by atoms with Gasteiger partial charge in [0, 0.05) is 5.56 Å². The summed E-state index contributed by atoms with van der Waals surface area (Å²) >= 11 is 0. The lowest BCUT2D eigenvalue weighted by Gasteiger charge is -2.14. The predicted molar refractivity (Wildman–Crippen MR) is 105 cm³/mol. The predicted octanol–water partition coefficient (Wildman–Crippen LogP) is 2.14. The Labute approximate surface area is 180 Å². The van der Waals surface area contributed by atoms with E-state index in [9.17, 15) is 21.6 Å². The Bertz CT molecular complexity index is 1310. The maximum atomic E-state index is 12.9. The van der Waals surface area contributed by atoms with Crippen molar-refractivity contribution in [2.45, 2.75) is 31.3 Å². The molecule has 168 valence electrons. The number of hydrogen-bond acceptors (Lipinski definition) is 7. The summed E-state index contributed by atoms with van der Waals surface area (Å²) in [6.07, 6.45) is -1.55. The van der Waals surface area contributed by atoms with Crippen molar-refractivity contribution in [1.82, 2.24) is 19.5 Å². The zero-order valence-corrected chi connectivity index (χ0v) is 17.1. The summed E-state index contributed by atoms with van der Waals surface area (Å²) in [7, 11) is -4.06. The zero-order chi connectivity index (χ0) is 22.9. The molecule has 1 aliphatic heterocycles. The van der Waals surface area contributed by atoms with Gasteiger partial charge in [-0.3, -0.25) is 8.75 Å². The lowest BCUT2D eigenvalue weighted by molar-refractivity contribution is -0.137. The van der Waals surface area contributed by atoms with Crippen LogP contribution >= 0.6 is 0 Å². The maximum absolute atomic E-state index is 12.9. The fourth-order valence-corrected chi connectivity index (χ4v) is 3.58. The van der Waals surface area contributed by atoms with E-state index in [1.165, 1.54) is 24.8 Å². The molecule has 4 rings (SSSR count). The molecule has 1 aliphatic rings. The van der Waals surface area contributed by atoms with E-state index in [0.29, 0.717) is 24.0 Å². The molecule has 2 N–H and O–H groups in total. The SMILES string of the molecule is NS(=O)(=O)OC[C@@H]1CC[C@H](n2cnc3c(C#Cc4cccc(C(F)(F)F)c4)ncnc32)O1. The summed E-state index contributed by atoms with van der Waals surface area (Å²) in [5, 5.41) is 4.83. The minimum Gasteiger partial charge on any atom is -0.352 e. The van der Waals surface area contributed by atoms with Crippen LogP contribution in [0.2, 0.25) is 0 Å². The molecule has 0 radical (unpaired) electrons. The van der Waals surface area contributed by atoms with Crippen LogP contribution in [0.4, 0.5) is 13.2 Å². The largest absolute Gasteiger partial charge is 0.416 e. The number of imidazole rings is 1. The standard InChI is InChI=1S/C19H16F3N5O4S/c20-19(21,22)13-3-1-2-12(8-13)4-6-15-17-18(25-10-24-15)27(11-26-17)16-7-5-14(31-16)9-30-32(23,28)29/h1-3,8,10-11,14,16H,5,7,9H2,(H2,23,28,29)/t14-,16+/m0/s1. The molecule has 0 bridgehead atoms. The van der Waals surface area contributed by atoms with Crippen molar-refractivity contribution >= 4 is 21.5 Å². The number of rotatable bonds is 4. The molecule has 0 spiro atoms. The van der Waals surface area contributed by atoms with Crippen molar-refractivity contribution in [2.75, 3.05) is 6.61 Å². The van der Waals surface area contributed by atoms with Gasteiger partial charge >= 0.3 is 16.5 Å². The first kappa shape index (κ1) is 22.2. The van der Waals surface area contributed by atoms with Gasteiger partial charge in [0.2, 0.25) is 0 Å². The lowest BCUT2D eigenvalue weighted by atomic mass is 10.1. The third-order valence-corrected chi connectivity index (χ3v) is 5.15. The van der Waals surface area contributed by atoms with Gasteiger partial charge in [0.25, 0.3) is 0 Å². The molecule has 2 atom stereocenters. The van der Waals surface area contributed by atoms with Crippen LogP contribution in [0, 0.1) is 11.8 Å². The first-order chi connectivity index (χ1) is 15.1. The highest BCUT2D eigenvalue weighted by Gasteiger charge is 2.30. The minimum absolute atomic E-state index is 0.183. The van der Waals surface area contributed by atoms with Gasteiger partial charge < -0.3 is 4.74 Å². The molecule has 3 heterocycles. The summed E-state index contributed by atoms with van der Waals surface area (Å²) in [6, 6.07) is 4.68. The summed E-state index contributed by atoms with van der Waals surface area (Å²) in [5.74, 6) is 5.42. The fraction of sp³-hybridized carbons (Fsp3) is 0.316. The molecular weight excluding hydrogens is 451 g/mol. The number of alkyl halides is 3. The third kappa shape index (κ3) is 5.05. The number of fused-ring (bicyclic) bond motifs is 1. The number of ether oxygens (including phenoxy) is 1. The van der Waals surface area contributed by atoms with Crippen LogP contribution in [0.15, 0.2) is 36.9 Å². The number of aromatic nitrogens is 4. The first-order valence-corrected chi connectivity index (χ1v) is 10.8. The van der Waals surface area contributed by atoms with Crippen LogP contribution in [0.1, 0.15) is 35.9 Å². The van der Waals surface area contributed by atoms with E-state index in [0.717, 1.165) is 12.1 Å². The van der Waals surface area contributed by atoms with E-state index >= 15 is 0 Å². The molecule has 2 aromatic heterocycles. The monoisotopic (exact) mass is 467 g/mol. The summed E-state index contributed by atoms with van der Waals surface area (Å²) < 4.78 is 72.6. The van der Waals surface area contributed by atoms with Gasteiger partial charge in [0.05, 0.1) is 24.6 Å². The second-order valence-corrected chi connectivity index (χ2v) is 8.16. The molecular formula is C19H16F3N5O4S. The molecule has 1 aromatic carbocycles. The highest BCUT2D eigenvalue weighted by atomic mass is 32.2. The Kier molecular flexibility index (Phi) is 5.87. The molecule has 9 nitrogen and oxygen atoms in total. The molecule has 1 saturated heterocycles. The zero-order valence-electron chi connectivity index (χ0n) is 16.3. The molecule has 13 heteroatoms.